The van der Waals surface area contributed by atoms with Crippen LogP contribution in [0.3, 0.4) is 0 Å². The van der Waals surface area contributed by atoms with Gasteiger partial charge in [0.25, 0.3) is 5.91 Å². The van der Waals surface area contributed by atoms with Gasteiger partial charge in [-0.05, 0) is 43.4 Å². The fourth-order valence-electron chi connectivity index (χ4n) is 3.83. The average molecular weight is 399 g/mol. The molecule has 2 aromatic rings. The maximum atomic E-state index is 12.7. The largest absolute Gasteiger partial charge is 0.495 e. The SMILES string of the molecule is CCc1c(N)nc(Nc2ccc(C(=O)NC3CCCC(C)C3)cc2OC)nc1N. The van der Waals surface area contributed by atoms with Crippen molar-refractivity contribution in [3.63, 3.8) is 0 Å². The van der Waals surface area contributed by atoms with Gasteiger partial charge in [-0.15, -0.1) is 0 Å². The van der Waals surface area contributed by atoms with E-state index in [1.54, 1.807) is 25.3 Å². The topological polar surface area (TPSA) is 128 Å². The number of carbonyl (C=O) groups excluding carboxylic acids is 1. The maximum Gasteiger partial charge on any atom is 0.251 e. The Kier molecular flexibility index (Phi) is 6.41. The lowest BCUT2D eigenvalue weighted by Crippen LogP contribution is -2.37. The number of nitrogen functional groups attached to an aromatic ring is 2. The molecule has 8 heteroatoms. The number of nitrogens with one attached hydrogen (secondary N) is 2. The number of methoxy groups -OCH3 is 1. The van der Waals surface area contributed by atoms with E-state index in [1.807, 2.05) is 6.92 Å². The predicted molar refractivity (Wildman–Crippen MR) is 115 cm³/mol. The minimum absolute atomic E-state index is 0.0917. The smallest absolute Gasteiger partial charge is 0.251 e. The Balaban J connectivity index is 1.76. The Hall–Kier alpha value is -3.03. The van der Waals surface area contributed by atoms with E-state index in [9.17, 15) is 4.79 Å². The summed E-state index contributed by atoms with van der Waals surface area (Å²) in [5, 5.41) is 6.21. The van der Waals surface area contributed by atoms with Gasteiger partial charge in [0.1, 0.15) is 17.4 Å². The van der Waals surface area contributed by atoms with Crippen LogP contribution in [-0.2, 0) is 6.42 Å². The van der Waals surface area contributed by atoms with E-state index in [0.29, 0.717) is 41.0 Å². The van der Waals surface area contributed by atoms with Crippen LogP contribution < -0.4 is 26.8 Å². The molecule has 1 aliphatic rings. The summed E-state index contributed by atoms with van der Waals surface area (Å²) in [5.41, 5.74) is 13.8. The van der Waals surface area contributed by atoms with Gasteiger partial charge in [-0.3, -0.25) is 4.79 Å². The number of aromatic nitrogens is 2. The molecule has 1 saturated carbocycles. The van der Waals surface area contributed by atoms with E-state index >= 15 is 0 Å². The number of nitrogens with zero attached hydrogens (tertiary/aromatic N) is 2. The Morgan fingerprint density at radius 2 is 1.97 bits per heavy atom. The van der Waals surface area contributed by atoms with Gasteiger partial charge in [0.05, 0.1) is 12.8 Å². The van der Waals surface area contributed by atoms with Crippen molar-refractivity contribution in [2.75, 3.05) is 23.9 Å². The summed E-state index contributed by atoms with van der Waals surface area (Å²) in [6, 6.07) is 5.45. The molecule has 0 saturated heterocycles. The van der Waals surface area contributed by atoms with E-state index in [4.69, 9.17) is 16.2 Å². The van der Waals surface area contributed by atoms with Gasteiger partial charge in [-0.25, -0.2) is 0 Å². The number of nitrogens with two attached hydrogens (primary N) is 2. The highest BCUT2D eigenvalue weighted by atomic mass is 16.5. The third-order valence-corrected chi connectivity index (χ3v) is 5.41. The molecule has 0 radical (unpaired) electrons. The standard InChI is InChI=1S/C21H30N6O2/c1-4-15-18(22)26-21(27-19(15)23)25-16-9-8-13(11-17(16)29-3)20(28)24-14-7-5-6-12(2)10-14/h8-9,11-12,14H,4-7,10H2,1-3H3,(H,24,28)(H5,22,23,25,26,27). The fraction of sp³-hybridized carbons (Fsp3) is 0.476. The van der Waals surface area contributed by atoms with Crippen LogP contribution in [0, 0.1) is 5.92 Å². The van der Waals surface area contributed by atoms with Crippen molar-refractivity contribution < 1.29 is 9.53 Å². The Morgan fingerprint density at radius 3 is 2.59 bits per heavy atom. The van der Waals surface area contributed by atoms with Crippen LogP contribution in [0.4, 0.5) is 23.3 Å². The molecule has 1 aromatic carbocycles. The molecule has 1 amide bonds. The fourth-order valence-corrected chi connectivity index (χ4v) is 3.83. The lowest BCUT2D eigenvalue weighted by molar-refractivity contribution is 0.0921. The summed E-state index contributed by atoms with van der Waals surface area (Å²) in [6.07, 6.45) is 5.10. The number of ether oxygens (including phenoxy) is 1. The van der Waals surface area contributed by atoms with Gasteiger partial charge in [0, 0.05) is 17.2 Å². The number of hydrogen-bond acceptors (Lipinski definition) is 7. The molecule has 1 aromatic heterocycles. The van der Waals surface area contributed by atoms with Crippen molar-refractivity contribution in [2.24, 2.45) is 5.92 Å². The van der Waals surface area contributed by atoms with Crippen molar-refractivity contribution >= 4 is 29.2 Å². The summed E-state index contributed by atoms with van der Waals surface area (Å²) >= 11 is 0. The third-order valence-electron chi connectivity index (χ3n) is 5.41. The van der Waals surface area contributed by atoms with Crippen LogP contribution in [0.1, 0.15) is 55.5 Å². The second-order valence-electron chi connectivity index (χ2n) is 7.63. The van der Waals surface area contributed by atoms with E-state index in [2.05, 4.69) is 27.5 Å². The molecule has 29 heavy (non-hydrogen) atoms. The molecule has 1 aliphatic carbocycles. The highest BCUT2D eigenvalue weighted by Crippen LogP contribution is 2.30. The van der Waals surface area contributed by atoms with Crippen molar-refractivity contribution in [3.05, 3.63) is 29.3 Å². The van der Waals surface area contributed by atoms with E-state index < -0.39 is 0 Å². The van der Waals surface area contributed by atoms with Crippen molar-refractivity contribution in [3.8, 4) is 5.75 Å². The van der Waals surface area contributed by atoms with E-state index in [0.717, 1.165) is 24.8 Å². The zero-order chi connectivity index (χ0) is 21.0. The minimum atomic E-state index is -0.0917. The van der Waals surface area contributed by atoms with Crippen LogP contribution in [0.25, 0.3) is 0 Å². The van der Waals surface area contributed by atoms with E-state index in [1.165, 1.54) is 6.42 Å². The summed E-state index contributed by atoms with van der Waals surface area (Å²) in [7, 11) is 1.55. The summed E-state index contributed by atoms with van der Waals surface area (Å²) < 4.78 is 5.46. The van der Waals surface area contributed by atoms with Crippen molar-refractivity contribution in [1.82, 2.24) is 15.3 Å². The highest BCUT2D eigenvalue weighted by Gasteiger charge is 2.21. The second kappa shape index (κ2) is 8.98. The van der Waals surface area contributed by atoms with Gasteiger partial charge in [0.2, 0.25) is 5.95 Å². The number of anilines is 4. The number of benzene rings is 1. The molecule has 1 heterocycles. The Labute approximate surface area is 171 Å². The van der Waals surface area contributed by atoms with Crippen molar-refractivity contribution in [2.45, 2.75) is 52.0 Å². The summed E-state index contributed by atoms with van der Waals surface area (Å²) in [4.78, 5) is 21.2. The lowest BCUT2D eigenvalue weighted by atomic mass is 9.87. The van der Waals surface area contributed by atoms with Gasteiger partial charge in [-0.2, -0.15) is 9.97 Å². The van der Waals surface area contributed by atoms with E-state index in [-0.39, 0.29) is 17.9 Å². The van der Waals surface area contributed by atoms with Gasteiger partial charge in [0.15, 0.2) is 0 Å². The van der Waals surface area contributed by atoms with Crippen LogP contribution in [0.5, 0.6) is 5.75 Å². The zero-order valence-corrected chi connectivity index (χ0v) is 17.3. The summed E-state index contributed by atoms with van der Waals surface area (Å²) in [6.45, 7) is 4.18. The zero-order valence-electron chi connectivity index (χ0n) is 17.3. The molecule has 8 nitrogen and oxygen atoms in total. The first kappa shape index (κ1) is 20.7. The predicted octanol–water partition coefficient (Wildman–Crippen LogP) is 3.26. The highest BCUT2D eigenvalue weighted by molar-refractivity contribution is 5.95. The normalized spacial score (nSPS) is 18.9. The quantitative estimate of drug-likeness (QED) is 0.588. The molecule has 0 aliphatic heterocycles. The molecule has 3 rings (SSSR count). The molecule has 2 unspecified atom stereocenters. The van der Waals surface area contributed by atoms with Crippen LogP contribution in [0.2, 0.25) is 0 Å². The molecule has 0 bridgehead atoms. The first-order valence-corrected chi connectivity index (χ1v) is 10.1. The Morgan fingerprint density at radius 1 is 1.24 bits per heavy atom. The van der Waals surface area contributed by atoms with Crippen LogP contribution in [0.15, 0.2) is 18.2 Å². The average Bonchev–Trinajstić information content (AvgIpc) is 2.68. The second-order valence-corrected chi connectivity index (χ2v) is 7.63. The molecular weight excluding hydrogens is 368 g/mol. The molecule has 156 valence electrons. The van der Waals surface area contributed by atoms with Crippen LogP contribution >= 0.6 is 0 Å². The van der Waals surface area contributed by atoms with Crippen molar-refractivity contribution in [1.29, 1.82) is 0 Å². The van der Waals surface area contributed by atoms with Gasteiger partial charge in [-0.1, -0.05) is 26.7 Å². The molecule has 1 fully saturated rings. The molecular formula is C21H30N6O2. The number of carbonyl (C=O) groups is 1. The number of rotatable bonds is 6. The monoisotopic (exact) mass is 398 g/mol. The van der Waals surface area contributed by atoms with Crippen LogP contribution in [-0.4, -0.2) is 29.0 Å². The number of amides is 1. The Bertz CT molecular complexity index is 862. The molecule has 2 atom stereocenters. The van der Waals surface area contributed by atoms with Gasteiger partial charge >= 0.3 is 0 Å². The summed E-state index contributed by atoms with van der Waals surface area (Å²) in [5.74, 6) is 2.04. The number of hydrogen-bond donors (Lipinski definition) is 4. The third kappa shape index (κ3) is 4.88. The molecule has 6 N–H and O–H groups in total. The molecule has 0 spiro atoms. The first-order valence-electron chi connectivity index (χ1n) is 10.1. The lowest BCUT2D eigenvalue weighted by Gasteiger charge is -2.27. The first-order chi connectivity index (χ1) is 13.9. The minimum Gasteiger partial charge on any atom is -0.495 e. The van der Waals surface area contributed by atoms with Gasteiger partial charge < -0.3 is 26.8 Å². The maximum absolute atomic E-state index is 12.7.